The predicted molar refractivity (Wildman–Crippen MR) is 84.3 cm³/mol. The summed E-state index contributed by atoms with van der Waals surface area (Å²) >= 11 is 7.08. The highest BCUT2D eigenvalue weighted by molar-refractivity contribution is 7.98. The Balaban J connectivity index is 2.13. The van der Waals surface area contributed by atoms with Gasteiger partial charge in [-0.3, -0.25) is 0 Å². The third-order valence-electron chi connectivity index (χ3n) is 3.06. The lowest BCUT2D eigenvalue weighted by molar-refractivity contribution is 0.910. The standard InChI is InChI=1S/C15H18N2S2/c1-4-13-11(3)15(18)17-14(16-13)9-19-12-7-5-10(2)6-8-12/h5-8H,4,9H2,1-3H3,(H,16,17,18). The Morgan fingerprint density at radius 3 is 2.53 bits per heavy atom. The lowest BCUT2D eigenvalue weighted by atomic mass is 10.2. The van der Waals surface area contributed by atoms with Gasteiger partial charge in [-0.1, -0.05) is 36.8 Å². The number of aryl methyl sites for hydroxylation is 2. The van der Waals surface area contributed by atoms with E-state index in [0.29, 0.717) is 0 Å². The fraction of sp³-hybridized carbons (Fsp3) is 0.333. The first kappa shape index (κ1) is 14.3. The van der Waals surface area contributed by atoms with Crippen LogP contribution >= 0.6 is 24.0 Å². The monoisotopic (exact) mass is 290 g/mol. The van der Waals surface area contributed by atoms with E-state index in [2.05, 4.69) is 48.1 Å². The number of rotatable bonds is 4. The molecule has 2 aromatic rings. The smallest absolute Gasteiger partial charge is 0.132 e. The van der Waals surface area contributed by atoms with Crippen LogP contribution in [-0.4, -0.2) is 9.97 Å². The molecule has 0 fully saturated rings. The second-order valence-corrected chi connectivity index (χ2v) is 5.98. The van der Waals surface area contributed by atoms with Crippen molar-refractivity contribution in [2.24, 2.45) is 0 Å². The molecule has 1 aromatic carbocycles. The summed E-state index contributed by atoms with van der Waals surface area (Å²) in [7, 11) is 0. The van der Waals surface area contributed by atoms with Gasteiger partial charge in [0.25, 0.3) is 0 Å². The Labute approximate surface area is 123 Å². The van der Waals surface area contributed by atoms with Gasteiger partial charge in [0.15, 0.2) is 0 Å². The molecule has 4 heteroatoms. The normalized spacial score (nSPS) is 10.7. The third-order valence-corrected chi connectivity index (χ3v) is 4.48. The minimum absolute atomic E-state index is 0.718. The summed E-state index contributed by atoms with van der Waals surface area (Å²) in [5.74, 6) is 1.78. The van der Waals surface area contributed by atoms with Crippen molar-refractivity contribution in [1.82, 2.24) is 9.97 Å². The number of H-pyrrole nitrogens is 1. The Morgan fingerprint density at radius 2 is 1.89 bits per heavy atom. The highest BCUT2D eigenvalue weighted by Crippen LogP contribution is 2.22. The molecule has 0 atom stereocenters. The van der Waals surface area contributed by atoms with Crippen LogP contribution in [0.1, 0.15) is 29.6 Å². The van der Waals surface area contributed by atoms with E-state index >= 15 is 0 Å². The van der Waals surface area contributed by atoms with E-state index < -0.39 is 0 Å². The summed E-state index contributed by atoms with van der Waals surface area (Å²) in [5, 5.41) is 0. The maximum absolute atomic E-state index is 5.30. The summed E-state index contributed by atoms with van der Waals surface area (Å²) in [6.45, 7) is 6.26. The summed E-state index contributed by atoms with van der Waals surface area (Å²) < 4.78 is 0.718. The fourth-order valence-electron chi connectivity index (χ4n) is 1.84. The first-order chi connectivity index (χ1) is 9.10. The second-order valence-electron chi connectivity index (χ2n) is 4.55. The van der Waals surface area contributed by atoms with Gasteiger partial charge < -0.3 is 4.98 Å². The van der Waals surface area contributed by atoms with E-state index in [9.17, 15) is 0 Å². The molecule has 2 nitrogen and oxygen atoms in total. The van der Waals surface area contributed by atoms with Gasteiger partial charge >= 0.3 is 0 Å². The molecule has 0 amide bonds. The minimum atomic E-state index is 0.718. The van der Waals surface area contributed by atoms with Crippen molar-refractivity contribution in [3.63, 3.8) is 0 Å². The molecular weight excluding hydrogens is 272 g/mol. The largest absolute Gasteiger partial charge is 0.346 e. The summed E-state index contributed by atoms with van der Waals surface area (Å²) in [5.41, 5.74) is 3.58. The maximum Gasteiger partial charge on any atom is 0.132 e. The molecule has 0 aliphatic heterocycles. The van der Waals surface area contributed by atoms with Gasteiger partial charge in [0.2, 0.25) is 0 Å². The van der Waals surface area contributed by atoms with Crippen LogP contribution in [0, 0.1) is 18.5 Å². The van der Waals surface area contributed by atoms with Crippen LogP contribution in [0.5, 0.6) is 0 Å². The quantitative estimate of drug-likeness (QED) is 0.658. The third kappa shape index (κ3) is 3.67. The molecule has 0 saturated carbocycles. The van der Waals surface area contributed by atoms with Crippen LogP contribution in [0.2, 0.25) is 0 Å². The van der Waals surface area contributed by atoms with Gasteiger partial charge in [0.1, 0.15) is 10.5 Å². The maximum atomic E-state index is 5.30. The number of hydrogen-bond acceptors (Lipinski definition) is 3. The molecule has 0 spiro atoms. The van der Waals surface area contributed by atoms with E-state index in [1.807, 2.05) is 6.92 Å². The average Bonchev–Trinajstić information content (AvgIpc) is 2.41. The van der Waals surface area contributed by atoms with Crippen LogP contribution in [0.3, 0.4) is 0 Å². The molecular formula is C15H18N2S2. The van der Waals surface area contributed by atoms with Crippen molar-refractivity contribution in [2.45, 2.75) is 37.8 Å². The van der Waals surface area contributed by atoms with Crippen molar-refractivity contribution >= 4 is 24.0 Å². The number of aromatic nitrogens is 2. The highest BCUT2D eigenvalue weighted by atomic mass is 32.2. The topological polar surface area (TPSA) is 28.7 Å². The number of thioether (sulfide) groups is 1. The molecule has 0 aliphatic carbocycles. The van der Waals surface area contributed by atoms with Crippen LogP contribution in [0.25, 0.3) is 0 Å². The SMILES string of the molecule is CCc1[nH]c(CSc2ccc(C)cc2)nc(=S)c1C. The van der Waals surface area contributed by atoms with Crippen molar-refractivity contribution in [3.05, 3.63) is 51.6 Å². The summed E-state index contributed by atoms with van der Waals surface area (Å²) in [6.07, 6.45) is 0.959. The van der Waals surface area contributed by atoms with Crippen molar-refractivity contribution in [3.8, 4) is 0 Å². The van der Waals surface area contributed by atoms with Crippen LogP contribution in [-0.2, 0) is 12.2 Å². The van der Waals surface area contributed by atoms with Crippen LogP contribution < -0.4 is 0 Å². The second kappa shape index (κ2) is 6.35. The lowest BCUT2D eigenvalue weighted by Gasteiger charge is -2.07. The number of hydrogen-bond donors (Lipinski definition) is 1. The minimum Gasteiger partial charge on any atom is -0.346 e. The van der Waals surface area contributed by atoms with E-state index in [0.717, 1.165) is 28.2 Å². The van der Waals surface area contributed by atoms with Gasteiger partial charge in [-0.2, -0.15) is 0 Å². The van der Waals surface area contributed by atoms with E-state index in [1.165, 1.54) is 16.2 Å². The molecule has 1 heterocycles. The van der Waals surface area contributed by atoms with Gasteiger partial charge in [-0.25, -0.2) is 4.98 Å². The molecule has 19 heavy (non-hydrogen) atoms. The Kier molecular flexibility index (Phi) is 4.77. The molecule has 0 bridgehead atoms. The molecule has 100 valence electrons. The Hall–Kier alpha value is -1.13. The Morgan fingerprint density at radius 1 is 1.21 bits per heavy atom. The van der Waals surface area contributed by atoms with Gasteiger partial charge in [-0.15, -0.1) is 11.8 Å². The van der Waals surface area contributed by atoms with E-state index in [1.54, 1.807) is 11.8 Å². The molecule has 0 radical (unpaired) electrons. The fourth-order valence-corrected chi connectivity index (χ4v) is 2.84. The molecule has 1 aromatic heterocycles. The number of aromatic amines is 1. The zero-order valence-electron chi connectivity index (χ0n) is 11.5. The number of nitrogens with zero attached hydrogens (tertiary/aromatic N) is 1. The molecule has 0 saturated heterocycles. The van der Waals surface area contributed by atoms with Crippen LogP contribution in [0.4, 0.5) is 0 Å². The first-order valence-electron chi connectivity index (χ1n) is 6.38. The van der Waals surface area contributed by atoms with E-state index in [-0.39, 0.29) is 0 Å². The molecule has 0 unspecified atom stereocenters. The molecule has 2 rings (SSSR count). The van der Waals surface area contributed by atoms with Crippen molar-refractivity contribution in [1.29, 1.82) is 0 Å². The average molecular weight is 290 g/mol. The lowest BCUT2D eigenvalue weighted by Crippen LogP contribution is -2.01. The van der Waals surface area contributed by atoms with Crippen molar-refractivity contribution < 1.29 is 0 Å². The van der Waals surface area contributed by atoms with Gasteiger partial charge in [0, 0.05) is 16.2 Å². The van der Waals surface area contributed by atoms with Crippen LogP contribution in [0.15, 0.2) is 29.2 Å². The predicted octanol–water partition coefficient (Wildman–Crippen LogP) is 4.61. The van der Waals surface area contributed by atoms with Crippen molar-refractivity contribution in [2.75, 3.05) is 0 Å². The van der Waals surface area contributed by atoms with E-state index in [4.69, 9.17) is 12.2 Å². The first-order valence-corrected chi connectivity index (χ1v) is 7.77. The Bertz CT molecular complexity index is 615. The number of benzene rings is 1. The van der Waals surface area contributed by atoms with Gasteiger partial charge in [0.05, 0.1) is 5.75 Å². The summed E-state index contributed by atoms with van der Waals surface area (Å²) in [4.78, 5) is 9.09. The highest BCUT2D eigenvalue weighted by Gasteiger charge is 2.04. The molecule has 0 aliphatic rings. The van der Waals surface area contributed by atoms with Gasteiger partial charge in [-0.05, 0) is 32.4 Å². The summed E-state index contributed by atoms with van der Waals surface area (Å²) in [6, 6.07) is 8.54. The zero-order chi connectivity index (χ0) is 13.8. The molecule has 1 N–H and O–H groups in total. The zero-order valence-corrected chi connectivity index (χ0v) is 13.1. The number of nitrogens with one attached hydrogen (secondary N) is 1.